The van der Waals surface area contributed by atoms with Crippen molar-refractivity contribution in [3.8, 4) is 0 Å². The van der Waals surface area contributed by atoms with E-state index in [1.165, 1.54) is 51.4 Å². The molecule has 0 aromatic rings. The zero-order valence-electron chi connectivity index (χ0n) is 17.0. The topological polar surface area (TPSA) is 18.5 Å². The number of unbranched alkanes of at least 4 members (excludes halogenated alkanes) is 1. The van der Waals surface area contributed by atoms with Crippen LogP contribution < -0.4 is 0 Å². The Morgan fingerprint density at radius 2 is 1.33 bits per heavy atom. The molecule has 2 aliphatic carbocycles. The molecular weight excluding hydrogens is 346 g/mol. The van der Waals surface area contributed by atoms with Crippen molar-refractivity contribution in [1.29, 1.82) is 0 Å². The number of hydrogen-bond acceptors (Lipinski definition) is 2. The molecule has 3 aliphatic rings. The molecule has 2 nitrogen and oxygen atoms in total. The molecule has 0 amide bonds. The van der Waals surface area contributed by atoms with Crippen LogP contribution in [-0.2, 0) is 9.47 Å². The molecular formula is C23H38F2O2. The molecule has 0 atom stereocenters. The van der Waals surface area contributed by atoms with Gasteiger partial charge in [-0.05, 0) is 87.5 Å². The van der Waals surface area contributed by atoms with Crippen molar-refractivity contribution >= 4 is 0 Å². The number of hydrogen-bond donors (Lipinski definition) is 0. The first-order valence-electron chi connectivity index (χ1n) is 11.4. The quantitative estimate of drug-likeness (QED) is 0.442. The Morgan fingerprint density at radius 3 is 1.85 bits per heavy atom. The van der Waals surface area contributed by atoms with Crippen molar-refractivity contribution in [2.75, 3.05) is 13.2 Å². The zero-order chi connectivity index (χ0) is 19.1. The lowest BCUT2D eigenvalue weighted by Gasteiger charge is -2.41. The Labute approximate surface area is 164 Å². The first-order valence-corrected chi connectivity index (χ1v) is 11.4. The third kappa shape index (κ3) is 6.52. The van der Waals surface area contributed by atoms with Gasteiger partial charge in [-0.3, -0.25) is 0 Å². The minimum absolute atomic E-state index is 0.0276. The minimum Gasteiger partial charge on any atom is -0.352 e. The average molecular weight is 385 g/mol. The second-order valence-corrected chi connectivity index (χ2v) is 9.14. The lowest BCUT2D eigenvalue weighted by Crippen LogP contribution is -2.37. The van der Waals surface area contributed by atoms with E-state index in [4.69, 9.17) is 9.47 Å². The van der Waals surface area contributed by atoms with Crippen molar-refractivity contribution in [2.45, 2.75) is 90.3 Å². The average Bonchev–Trinajstić information content (AvgIpc) is 2.72. The van der Waals surface area contributed by atoms with E-state index in [0.717, 1.165) is 62.2 Å². The van der Waals surface area contributed by atoms with Crippen LogP contribution in [0, 0.1) is 29.6 Å². The van der Waals surface area contributed by atoms with Crippen molar-refractivity contribution in [3.05, 3.63) is 12.2 Å². The van der Waals surface area contributed by atoms with Gasteiger partial charge in [0.1, 0.15) is 0 Å². The third-order valence-electron chi connectivity index (χ3n) is 7.48. The van der Waals surface area contributed by atoms with Gasteiger partial charge in [0.15, 0.2) is 6.29 Å². The van der Waals surface area contributed by atoms with Crippen LogP contribution in [0.25, 0.3) is 0 Å². The number of rotatable bonds is 7. The molecule has 1 aliphatic heterocycles. The maximum atomic E-state index is 12.1. The first-order chi connectivity index (χ1) is 13.2. The van der Waals surface area contributed by atoms with Crippen LogP contribution in [0.4, 0.5) is 8.78 Å². The van der Waals surface area contributed by atoms with Gasteiger partial charge >= 0.3 is 0 Å². The molecule has 27 heavy (non-hydrogen) atoms. The Kier molecular flexibility index (Phi) is 8.57. The summed E-state index contributed by atoms with van der Waals surface area (Å²) in [5.41, 5.74) is 0. The summed E-state index contributed by atoms with van der Waals surface area (Å²) in [5.74, 6) is 4.00. The first kappa shape index (κ1) is 21.2. The number of allylic oxidation sites excluding steroid dienone is 1. The van der Waals surface area contributed by atoms with Gasteiger partial charge in [0.05, 0.1) is 13.2 Å². The fourth-order valence-corrected chi connectivity index (χ4v) is 5.72. The van der Waals surface area contributed by atoms with E-state index in [2.05, 4.69) is 6.92 Å². The summed E-state index contributed by atoms with van der Waals surface area (Å²) in [6.45, 7) is 3.90. The van der Waals surface area contributed by atoms with E-state index >= 15 is 0 Å². The van der Waals surface area contributed by atoms with E-state index in [1.54, 1.807) is 0 Å². The number of ether oxygens (including phenoxy) is 2. The van der Waals surface area contributed by atoms with Gasteiger partial charge in [0.2, 0.25) is 0 Å². The van der Waals surface area contributed by atoms with Crippen LogP contribution in [0.3, 0.4) is 0 Å². The fraction of sp³-hybridized carbons (Fsp3) is 0.913. The molecule has 0 aromatic carbocycles. The van der Waals surface area contributed by atoms with Crippen LogP contribution in [0.5, 0.6) is 0 Å². The van der Waals surface area contributed by atoms with Gasteiger partial charge in [-0.2, -0.15) is 8.78 Å². The molecule has 4 heteroatoms. The molecule has 0 radical (unpaired) electrons. The molecule has 3 fully saturated rings. The highest BCUT2D eigenvalue weighted by molar-refractivity contribution is 4.85. The lowest BCUT2D eigenvalue weighted by atomic mass is 9.67. The summed E-state index contributed by atoms with van der Waals surface area (Å²) >= 11 is 0. The molecule has 1 saturated heterocycles. The second-order valence-electron chi connectivity index (χ2n) is 9.14. The standard InChI is InChI=1S/C23H38F2O2/c1-2-23-26-15-21(16-27-23)20-13-11-19(12-14-20)18-9-7-17(8-10-18)5-3-4-6-22(24)25/h6,17-21,23H,2-5,7-16H2,1H3. The predicted molar refractivity (Wildman–Crippen MR) is 105 cm³/mol. The Hall–Kier alpha value is -0.480. The van der Waals surface area contributed by atoms with Crippen LogP contribution in [-0.4, -0.2) is 19.5 Å². The fourth-order valence-electron chi connectivity index (χ4n) is 5.72. The maximum absolute atomic E-state index is 12.1. The van der Waals surface area contributed by atoms with Crippen LogP contribution in [0.15, 0.2) is 12.2 Å². The highest BCUT2D eigenvalue weighted by atomic mass is 19.3. The summed E-state index contributed by atoms with van der Waals surface area (Å²) in [7, 11) is 0. The van der Waals surface area contributed by atoms with Crippen LogP contribution in [0.2, 0.25) is 0 Å². The van der Waals surface area contributed by atoms with E-state index in [0.29, 0.717) is 12.3 Å². The van der Waals surface area contributed by atoms with Crippen molar-refractivity contribution < 1.29 is 18.3 Å². The van der Waals surface area contributed by atoms with Crippen molar-refractivity contribution in [3.63, 3.8) is 0 Å². The minimum atomic E-state index is -1.52. The van der Waals surface area contributed by atoms with E-state index in [-0.39, 0.29) is 6.29 Å². The molecule has 0 aromatic heterocycles. The molecule has 3 rings (SSSR count). The molecule has 0 bridgehead atoms. The molecule has 0 unspecified atom stereocenters. The van der Waals surface area contributed by atoms with Gasteiger partial charge in [0.25, 0.3) is 6.08 Å². The van der Waals surface area contributed by atoms with Gasteiger partial charge < -0.3 is 9.47 Å². The summed E-state index contributed by atoms with van der Waals surface area (Å²) < 4.78 is 35.8. The van der Waals surface area contributed by atoms with Crippen molar-refractivity contribution in [2.24, 2.45) is 29.6 Å². The van der Waals surface area contributed by atoms with Gasteiger partial charge in [0, 0.05) is 5.92 Å². The molecule has 2 saturated carbocycles. The van der Waals surface area contributed by atoms with Gasteiger partial charge in [-0.15, -0.1) is 0 Å². The number of halogens is 2. The SMILES string of the molecule is CCC1OCC(C2CCC(C3CCC(CCCC=C(F)F)CC3)CC2)CO1. The normalized spacial score (nSPS) is 37.7. The molecule has 156 valence electrons. The Balaban J connectivity index is 1.31. The van der Waals surface area contributed by atoms with E-state index < -0.39 is 6.08 Å². The zero-order valence-corrected chi connectivity index (χ0v) is 17.0. The van der Waals surface area contributed by atoms with Gasteiger partial charge in [-0.25, -0.2) is 0 Å². The van der Waals surface area contributed by atoms with Gasteiger partial charge in [-0.1, -0.05) is 26.2 Å². The third-order valence-corrected chi connectivity index (χ3v) is 7.48. The molecule has 0 N–H and O–H groups in total. The summed E-state index contributed by atoms with van der Waals surface area (Å²) in [4.78, 5) is 0. The van der Waals surface area contributed by atoms with Crippen LogP contribution >= 0.6 is 0 Å². The summed E-state index contributed by atoms with van der Waals surface area (Å²) in [6.07, 6.45) is 13.9. The van der Waals surface area contributed by atoms with Crippen molar-refractivity contribution in [1.82, 2.24) is 0 Å². The molecule has 0 spiro atoms. The highest BCUT2D eigenvalue weighted by Crippen LogP contribution is 2.44. The summed E-state index contributed by atoms with van der Waals surface area (Å²) in [5, 5.41) is 0. The monoisotopic (exact) mass is 384 g/mol. The molecule has 1 heterocycles. The van der Waals surface area contributed by atoms with E-state index in [1.807, 2.05) is 0 Å². The van der Waals surface area contributed by atoms with Crippen LogP contribution in [0.1, 0.15) is 84.0 Å². The largest absolute Gasteiger partial charge is 0.352 e. The maximum Gasteiger partial charge on any atom is 0.266 e. The lowest BCUT2D eigenvalue weighted by molar-refractivity contribution is -0.210. The Morgan fingerprint density at radius 1 is 0.815 bits per heavy atom. The summed E-state index contributed by atoms with van der Waals surface area (Å²) in [6, 6.07) is 0. The Bertz CT molecular complexity index is 439. The predicted octanol–water partition coefficient (Wildman–Crippen LogP) is 6.95. The smallest absolute Gasteiger partial charge is 0.266 e. The second kappa shape index (κ2) is 10.9. The highest BCUT2D eigenvalue weighted by Gasteiger charge is 2.35. The van der Waals surface area contributed by atoms with E-state index in [9.17, 15) is 8.78 Å².